The Morgan fingerprint density at radius 3 is 2.77 bits per heavy atom. The summed E-state index contributed by atoms with van der Waals surface area (Å²) in [5.74, 6) is 1.98. The molecule has 1 saturated carbocycles. The van der Waals surface area contributed by atoms with Gasteiger partial charge in [0.1, 0.15) is 5.78 Å². The maximum atomic E-state index is 11.9. The monoisotopic (exact) mass is 360 g/mol. The van der Waals surface area contributed by atoms with Gasteiger partial charge in [-0.3, -0.25) is 9.59 Å². The molecule has 2 unspecified atom stereocenters. The lowest BCUT2D eigenvalue weighted by Crippen LogP contribution is -2.39. The molecule has 0 aromatic heterocycles. The average Bonchev–Trinajstić information content (AvgIpc) is 2.62. The summed E-state index contributed by atoms with van der Waals surface area (Å²) in [5, 5.41) is 0. The predicted octanol–water partition coefficient (Wildman–Crippen LogP) is 5.30. The highest BCUT2D eigenvalue weighted by molar-refractivity contribution is 6.01. The van der Waals surface area contributed by atoms with Crippen LogP contribution < -0.4 is 0 Å². The van der Waals surface area contributed by atoms with Crippen molar-refractivity contribution in [3.8, 4) is 0 Å². The number of carbonyl (C=O) groups is 2. The highest BCUT2D eigenvalue weighted by atomic mass is 16.5. The largest absolute Gasteiger partial charge is 0.384 e. The summed E-state index contributed by atoms with van der Waals surface area (Å²) in [5.41, 5.74) is 1.21. The van der Waals surface area contributed by atoms with Crippen LogP contribution in [0.15, 0.2) is 23.8 Å². The highest BCUT2D eigenvalue weighted by Crippen LogP contribution is 2.52. The second-order valence-electron chi connectivity index (χ2n) is 8.44. The molecule has 0 radical (unpaired) electrons. The van der Waals surface area contributed by atoms with Crippen LogP contribution in [0.4, 0.5) is 0 Å². The van der Waals surface area contributed by atoms with Gasteiger partial charge >= 0.3 is 0 Å². The first-order chi connectivity index (χ1) is 12.4. The number of allylic oxidation sites excluding steroid dienone is 3. The fourth-order valence-corrected chi connectivity index (χ4v) is 4.94. The van der Waals surface area contributed by atoms with E-state index in [1.165, 1.54) is 24.8 Å². The molecule has 0 bridgehead atoms. The van der Waals surface area contributed by atoms with Crippen LogP contribution in [0.5, 0.6) is 0 Å². The van der Waals surface area contributed by atoms with Gasteiger partial charge in [-0.2, -0.15) is 0 Å². The third kappa shape index (κ3) is 5.16. The van der Waals surface area contributed by atoms with E-state index in [4.69, 9.17) is 4.74 Å². The Labute approximate surface area is 159 Å². The number of unbranched alkanes of at least 4 members (excludes halogenated alkanes) is 1. The fraction of sp³-hybridized carbons (Fsp3) is 0.739. The molecule has 0 aromatic carbocycles. The molecule has 0 aromatic rings. The van der Waals surface area contributed by atoms with Crippen molar-refractivity contribution in [1.82, 2.24) is 0 Å². The lowest BCUT2D eigenvalue weighted by molar-refractivity contribution is -0.119. The van der Waals surface area contributed by atoms with Crippen molar-refractivity contribution < 1.29 is 14.3 Å². The van der Waals surface area contributed by atoms with Crippen molar-refractivity contribution in [1.29, 1.82) is 0 Å². The predicted molar refractivity (Wildman–Crippen MR) is 106 cm³/mol. The first kappa shape index (κ1) is 21.1. The molecule has 4 atom stereocenters. The Hall–Kier alpha value is -1.22. The zero-order chi connectivity index (χ0) is 19.2. The Balaban J connectivity index is 2.20. The number of rotatable bonds is 10. The normalized spacial score (nSPS) is 29.2. The number of ketones is 2. The molecule has 0 spiro atoms. The number of hydrogen-bond donors (Lipinski definition) is 0. The third-order valence-corrected chi connectivity index (χ3v) is 6.44. The molecule has 0 heterocycles. The Bertz CT molecular complexity index is 560. The first-order valence-corrected chi connectivity index (χ1v) is 10.4. The second kappa shape index (κ2) is 9.64. The van der Waals surface area contributed by atoms with Gasteiger partial charge in [-0.05, 0) is 43.3 Å². The van der Waals surface area contributed by atoms with E-state index in [1.807, 2.05) is 13.0 Å². The van der Waals surface area contributed by atoms with E-state index in [0.717, 1.165) is 19.3 Å². The number of fused-ring (bicyclic) bond motifs is 1. The minimum atomic E-state index is -0.0424. The van der Waals surface area contributed by atoms with Crippen LogP contribution in [0.2, 0.25) is 0 Å². The van der Waals surface area contributed by atoms with Crippen molar-refractivity contribution in [2.75, 3.05) is 13.7 Å². The smallest absolute Gasteiger partial charge is 0.178 e. The molecule has 1 fully saturated rings. The average molecular weight is 361 g/mol. The van der Waals surface area contributed by atoms with Gasteiger partial charge in [0.25, 0.3) is 0 Å². The van der Waals surface area contributed by atoms with Gasteiger partial charge in [-0.15, -0.1) is 0 Å². The summed E-state index contributed by atoms with van der Waals surface area (Å²) in [6, 6.07) is 0. The van der Waals surface area contributed by atoms with Gasteiger partial charge in [0.15, 0.2) is 5.78 Å². The van der Waals surface area contributed by atoms with E-state index < -0.39 is 0 Å². The summed E-state index contributed by atoms with van der Waals surface area (Å²) in [7, 11) is 1.75. The molecule has 3 nitrogen and oxygen atoms in total. The summed E-state index contributed by atoms with van der Waals surface area (Å²) < 4.78 is 5.51. The molecule has 0 amide bonds. The van der Waals surface area contributed by atoms with Crippen LogP contribution >= 0.6 is 0 Å². The quantitative estimate of drug-likeness (QED) is 0.531. The standard InChI is InChI=1S/C23H36O3/c1-5-7-8-17(9-10-20(24)6-2)18-13-19(16-26-4)22-14-21(25)11-12-23(22,3)15-18/h11-12,14,17-19H,5-10,13,15-16H2,1-4H3/t17?,18?,19-,23+/m0/s1. The SMILES string of the molecule is CCCCC(CCC(=O)CC)C1C[C@@H](COC)C2=CC(=O)C=C[C@]2(C)C1. The second-order valence-corrected chi connectivity index (χ2v) is 8.44. The van der Waals surface area contributed by atoms with Gasteiger partial charge < -0.3 is 4.74 Å². The Kier molecular flexibility index (Phi) is 7.82. The van der Waals surface area contributed by atoms with Gasteiger partial charge in [0, 0.05) is 31.3 Å². The molecular formula is C23H36O3. The maximum absolute atomic E-state index is 11.9. The van der Waals surface area contributed by atoms with Crippen molar-refractivity contribution in [3.63, 3.8) is 0 Å². The van der Waals surface area contributed by atoms with E-state index in [-0.39, 0.29) is 11.2 Å². The molecule has 2 aliphatic rings. The molecule has 26 heavy (non-hydrogen) atoms. The Morgan fingerprint density at radius 2 is 2.12 bits per heavy atom. The maximum Gasteiger partial charge on any atom is 0.178 e. The molecule has 0 saturated heterocycles. The number of hydrogen-bond acceptors (Lipinski definition) is 3. The topological polar surface area (TPSA) is 43.4 Å². The molecule has 146 valence electrons. The third-order valence-electron chi connectivity index (χ3n) is 6.44. The van der Waals surface area contributed by atoms with Crippen LogP contribution in [0.25, 0.3) is 0 Å². The van der Waals surface area contributed by atoms with E-state index in [2.05, 4.69) is 19.9 Å². The van der Waals surface area contributed by atoms with Crippen molar-refractivity contribution in [2.24, 2.45) is 23.2 Å². The van der Waals surface area contributed by atoms with E-state index in [1.54, 1.807) is 13.2 Å². The highest BCUT2D eigenvalue weighted by Gasteiger charge is 2.43. The van der Waals surface area contributed by atoms with Gasteiger partial charge in [-0.1, -0.05) is 51.7 Å². The van der Waals surface area contributed by atoms with Crippen molar-refractivity contribution in [3.05, 3.63) is 23.8 Å². The lowest BCUT2D eigenvalue weighted by Gasteiger charge is -2.47. The number of ether oxygens (including phenoxy) is 1. The van der Waals surface area contributed by atoms with Crippen molar-refractivity contribution >= 4 is 11.6 Å². The molecule has 0 N–H and O–H groups in total. The molecule has 2 rings (SSSR count). The van der Waals surface area contributed by atoms with Gasteiger partial charge in [0.05, 0.1) is 6.61 Å². The van der Waals surface area contributed by atoms with Crippen LogP contribution in [0.3, 0.4) is 0 Å². The van der Waals surface area contributed by atoms with E-state index in [9.17, 15) is 9.59 Å². The number of Topliss-reactive ketones (excluding diaryl/α,β-unsaturated/α-hetero) is 1. The van der Waals surface area contributed by atoms with E-state index in [0.29, 0.717) is 43.0 Å². The van der Waals surface area contributed by atoms with Crippen molar-refractivity contribution in [2.45, 2.75) is 72.1 Å². The summed E-state index contributed by atoms with van der Waals surface area (Å²) in [4.78, 5) is 23.8. The minimum Gasteiger partial charge on any atom is -0.384 e. The molecule has 3 heteroatoms. The fourth-order valence-electron chi connectivity index (χ4n) is 4.94. The molecule has 0 aliphatic heterocycles. The first-order valence-electron chi connectivity index (χ1n) is 10.4. The summed E-state index contributed by atoms with van der Waals surface area (Å²) in [6.07, 6.45) is 13.9. The summed E-state index contributed by atoms with van der Waals surface area (Å²) >= 11 is 0. The van der Waals surface area contributed by atoms with Crippen LogP contribution in [-0.4, -0.2) is 25.3 Å². The van der Waals surface area contributed by atoms with E-state index >= 15 is 0 Å². The van der Waals surface area contributed by atoms with Crippen LogP contribution in [-0.2, 0) is 14.3 Å². The molecular weight excluding hydrogens is 324 g/mol. The van der Waals surface area contributed by atoms with Gasteiger partial charge in [0.2, 0.25) is 0 Å². The zero-order valence-electron chi connectivity index (χ0n) is 17.1. The lowest BCUT2D eigenvalue weighted by atomic mass is 9.58. The summed E-state index contributed by atoms with van der Waals surface area (Å²) in [6.45, 7) is 7.14. The van der Waals surface area contributed by atoms with Crippen LogP contribution in [0.1, 0.15) is 72.1 Å². The van der Waals surface area contributed by atoms with Crippen LogP contribution in [0, 0.1) is 23.2 Å². The zero-order valence-corrected chi connectivity index (χ0v) is 17.1. The molecule has 2 aliphatic carbocycles. The minimum absolute atomic E-state index is 0.0424. The van der Waals surface area contributed by atoms with Gasteiger partial charge in [-0.25, -0.2) is 0 Å². The number of methoxy groups -OCH3 is 1. The Morgan fingerprint density at radius 1 is 1.35 bits per heavy atom. The number of carbonyl (C=O) groups excluding carboxylic acids is 2.